The summed E-state index contributed by atoms with van der Waals surface area (Å²) in [5.41, 5.74) is -1.54. The molecule has 3 nitrogen and oxygen atoms in total. The summed E-state index contributed by atoms with van der Waals surface area (Å²) in [5, 5.41) is 3.51. The Morgan fingerprint density at radius 3 is 2.50 bits per heavy atom. The predicted octanol–water partition coefficient (Wildman–Crippen LogP) is 3.69. The number of alkyl halides is 3. The molecule has 1 saturated carbocycles. The van der Waals surface area contributed by atoms with Crippen LogP contribution in [0.4, 0.5) is 13.2 Å². The Morgan fingerprint density at radius 1 is 1.40 bits per heavy atom. The molecule has 1 heterocycles. The number of ether oxygens (including phenoxy) is 1. The van der Waals surface area contributed by atoms with Crippen LogP contribution in [-0.4, -0.2) is 18.1 Å². The van der Waals surface area contributed by atoms with Crippen LogP contribution in [0.2, 0.25) is 0 Å². The molecule has 0 spiro atoms. The van der Waals surface area contributed by atoms with Gasteiger partial charge < -0.3 is 10.1 Å². The van der Waals surface area contributed by atoms with Crippen LogP contribution in [0, 0.1) is 0 Å². The maximum Gasteiger partial charge on any atom is 0.434 e. The number of methoxy groups -OCH3 is 1. The number of rotatable bonds is 6. The Balaban J connectivity index is 2.30. The summed E-state index contributed by atoms with van der Waals surface area (Å²) < 4.78 is 44.6. The lowest BCUT2D eigenvalue weighted by molar-refractivity contribution is -0.141. The first kappa shape index (κ1) is 15.7. The minimum absolute atomic E-state index is 0.223. The summed E-state index contributed by atoms with van der Waals surface area (Å²) in [6.07, 6.45) is -1.77. The van der Waals surface area contributed by atoms with Gasteiger partial charge in [-0.3, -0.25) is 0 Å². The molecule has 1 aromatic heterocycles. The van der Waals surface area contributed by atoms with Gasteiger partial charge in [-0.05, 0) is 26.2 Å². The molecule has 0 aliphatic heterocycles. The van der Waals surface area contributed by atoms with E-state index in [2.05, 4.69) is 10.3 Å². The van der Waals surface area contributed by atoms with Crippen LogP contribution >= 0.6 is 11.3 Å². The van der Waals surface area contributed by atoms with E-state index in [9.17, 15) is 13.2 Å². The summed E-state index contributed by atoms with van der Waals surface area (Å²) in [6.45, 7) is 3.87. The van der Waals surface area contributed by atoms with Crippen molar-refractivity contribution in [3.63, 3.8) is 0 Å². The van der Waals surface area contributed by atoms with E-state index >= 15 is 0 Å². The van der Waals surface area contributed by atoms with Crippen LogP contribution in [0.25, 0.3) is 0 Å². The second kappa shape index (κ2) is 5.61. The van der Waals surface area contributed by atoms with E-state index in [1.807, 2.05) is 6.92 Å². The fourth-order valence-corrected chi connectivity index (χ4v) is 3.05. The predicted molar refractivity (Wildman–Crippen MR) is 71.6 cm³/mol. The minimum atomic E-state index is -4.42. The third-order valence-electron chi connectivity index (χ3n) is 3.67. The molecule has 20 heavy (non-hydrogen) atoms. The highest BCUT2D eigenvalue weighted by Crippen LogP contribution is 2.39. The first-order valence-electron chi connectivity index (χ1n) is 6.66. The molecular formula is C13H19F3N2OS. The molecule has 1 aromatic rings. The van der Waals surface area contributed by atoms with Gasteiger partial charge in [-0.25, -0.2) is 4.98 Å². The lowest BCUT2D eigenvalue weighted by Gasteiger charge is -2.23. The van der Waals surface area contributed by atoms with Crippen molar-refractivity contribution in [1.82, 2.24) is 10.3 Å². The molecule has 2 rings (SSSR count). The van der Waals surface area contributed by atoms with Gasteiger partial charge in [0.05, 0.1) is 4.88 Å². The average molecular weight is 308 g/mol. The first-order chi connectivity index (χ1) is 9.30. The van der Waals surface area contributed by atoms with E-state index in [1.165, 1.54) is 7.11 Å². The molecule has 0 radical (unpaired) electrons. The summed E-state index contributed by atoms with van der Waals surface area (Å²) in [4.78, 5) is 4.07. The van der Waals surface area contributed by atoms with Crippen molar-refractivity contribution < 1.29 is 17.9 Å². The molecule has 0 saturated heterocycles. The number of nitrogens with one attached hydrogen (secondary N) is 1. The van der Waals surface area contributed by atoms with E-state index in [4.69, 9.17) is 4.74 Å². The van der Waals surface area contributed by atoms with Gasteiger partial charge in [-0.15, -0.1) is 11.3 Å². The Bertz CT molecular complexity index is 465. The summed E-state index contributed by atoms with van der Waals surface area (Å²) in [7, 11) is 1.50. The molecule has 0 amide bonds. The van der Waals surface area contributed by atoms with Gasteiger partial charge in [0.2, 0.25) is 0 Å². The van der Waals surface area contributed by atoms with Gasteiger partial charge in [0, 0.05) is 19.7 Å². The molecule has 1 aliphatic rings. The molecule has 7 heteroatoms. The molecule has 114 valence electrons. The van der Waals surface area contributed by atoms with E-state index in [0.29, 0.717) is 17.5 Å². The Labute approximate surface area is 120 Å². The SMILES string of the molecule is CCC(C)(OC)c1nc(C(F)(F)F)c(CNC2CC2)s1. The van der Waals surface area contributed by atoms with Crippen molar-refractivity contribution in [1.29, 1.82) is 0 Å². The van der Waals surface area contributed by atoms with Crippen LogP contribution in [0.5, 0.6) is 0 Å². The van der Waals surface area contributed by atoms with Crippen molar-refractivity contribution in [3.8, 4) is 0 Å². The van der Waals surface area contributed by atoms with Crippen molar-refractivity contribution in [2.24, 2.45) is 0 Å². The molecule has 1 atom stereocenters. The van der Waals surface area contributed by atoms with Crippen molar-refractivity contribution in [3.05, 3.63) is 15.6 Å². The van der Waals surface area contributed by atoms with Gasteiger partial charge in [-0.1, -0.05) is 6.92 Å². The molecule has 1 unspecified atom stereocenters. The van der Waals surface area contributed by atoms with Crippen LogP contribution < -0.4 is 5.32 Å². The number of thiazole rings is 1. The number of halogens is 3. The van der Waals surface area contributed by atoms with Gasteiger partial charge in [0.15, 0.2) is 5.69 Å². The summed E-state index contributed by atoms with van der Waals surface area (Å²) in [6, 6.07) is 0.363. The van der Waals surface area contributed by atoms with Crippen LogP contribution in [0.15, 0.2) is 0 Å². The quantitative estimate of drug-likeness (QED) is 0.870. The van der Waals surface area contributed by atoms with E-state index in [1.54, 1.807) is 6.92 Å². The Kier molecular flexibility index (Phi) is 4.41. The highest BCUT2D eigenvalue weighted by molar-refractivity contribution is 7.11. The van der Waals surface area contributed by atoms with E-state index in [-0.39, 0.29) is 11.4 Å². The zero-order valence-electron chi connectivity index (χ0n) is 11.8. The monoisotopic (exact) mass is 308 g/mol. The number of hydrogen-bond donors (Lipinski definition) is 1. The zero-order chi connectivity index (χ0) is 15.0. The third kappa shape index (κ3) is 3.32. The smallest absolute Gasteiger partial charge is 0.371 e. The van der Waals surface area contributed by atoms with Crippen molar-refractivity contribution in [2.75, 3.05) is 7.11 Å². The molecule has 0 bridgehead atoms. The molecular weight excluding hydrogens is 289 g/mol. The maximum atomic E-state index is 13.1. The Morgan fingerprint density at radius 2 is 2.05 bits per heavy atom. The molecule has 1 N–H and O–H groups in total. The topological polar surface area (TPSA) is 34.1 Å². The van der Waals surface area contributed by atoms with Crippen LogP contribution in [-0.2, 0) is 23.1 Å². The lowest BCUT2D eigenvalue weighted by Crippen LogP contribution is -2.23. The largest absolute Gasteiger partial charge is 0.434 e. The highest BCUT2D eigenvalue weighted by atomic mass is 32.1. The van der Waals surface area contributed by atoms with Gasteiger partial charge >= 0.3 is 6.18 Å². The third-order valence-corrected chi connectivity index (χ3v) is 4.97. The fourth-order valence-electron chi connectivity index (χ4n) is 1.83. The number of aromatic nitrogens is 1. The van der Waals surface area contributed by atoms with Gasteiger partial charge in [0.25, 0.3) is 0 Å². The standard InChI is InChI=1S/C13H19F3N2OS/c1-4-12(2,19-3)11-18-10(13(14,15)16)9(20-11)7-17-8-5-6-8/h8,17H,4-7H2,1-3H3. The summed E-state index contributed by atoms with van der Waals surface area (Å²) >= 11 is 1.09. The number of hydrogen-bond acceptors (Lipinski definition) is 4. The van der Waals surface area contributed by atoms with Crippen molar-refractivity contribution in [2.45, 2.75) is 57.5 Å². The van der Waals surface area contributed by atoms with Crippen LogP contribution in [0.1, 0.15) is 48.7 Å². The zero-order valence-corrected chi connectivity index (χ0v) is 12.6. The maximum absolute atomic E-state index is 13.1. The Hall–Kier alpha value is -0.660. The van der Waals surface area contributed by atoms with E-state index in [0.717, 1.165) is 24.2 Å². The van der Waals surface area contributed by atoms with Gasteiger partial charge in [-0.2, -0.15) is 13.2 Å². The molecule has 0 aromatic carbocycles. The van der Waals surface area contributed by atoms with Gasteiger partial charge in [0.1, 0.15) is 10.6 Å². The van der Waals surface area contributed by atoms with Crippen molar-refractivity contribution >= 4 is 11.3 Å². The highest BCUT2D eigenvalue weighted by Gasteiger charge is 2.40. The van der Waals surface area contributed by atoms with Crippen LogP contribution in [0.3, 0.4) is 0 Å². The molecule has 1 fully saturated rings. The lowest BCUT2D eigenvalue weighted by atomic mass is 10.1. The normalized spacial score (nSPS) is 19.1. The number of nitrogens with zero attached hydrogens (tertiary/aromatic N) is 1. The molecule has 1 aliphatic carbocycles. The average Bonchev–Trinajstić information content (AvgIpc) is 3.11. The van der Waals surface area contributed by atoms with E-state index < -0.39 is 17.5 Å². The fraction of sp³-hybridized carbons (Fsp3) is 0.769. The minimum Gasteiger partial charge on any atom is -0.371 e. The first-order valence-corrected chi connectivity index (χ1v) is 7.47. The summed E-state index contributed by atoms with van der Waals surface area (Å²) in [5.74, 6) is 0. The second-order valence-corrected chi connectivity index (χ2v) is 6.32. The second-order valence-electron chi connectivity index (χ2n) is 5.23.